The van der Waals surface area contributed by atoms with Crippen LogP contribution in [0.4, 0.5) is 0 Å². The molecule has 5 heteroatoms. The smallest absolute Gasteiger partial charge is 0.0695 e. The lowest BCUT2D eigenvalue weighted by Gasteiger charge is -1.65. The van der Waals surface area contributed by atoms with E-state index in [1.165, 1.54) is 0 Å². The molecule has 0 saturated carbocycles. The maximum absolute atomic E-state index is 4.84. The van der Waals surface area contributed by atoms with E-state index in [0.717, 1.165) is 0 Å². The molecule has 0 amide bonds. The summed E-state index contributed by atoms with van der Waals surface area (Å²) in [6.45, 7) is 1.68. The summed E-state index contributed by atoms with van der Waals surface area (Å²) in [5.41, 5.74) is 4.84. The Hall–Kier alpha value is 0.460. The van der Waals surface area contributed by atoms with E-state index in [4.69, 9.17) is 5.73 Å². The number of hydrogen-bond donors (Lipinski definition) is 1. The summed E-state index contributed by atoms with van der Waals surface area (Å²) in [6.07, 6.45) is 0. The van der Waals surface area contributed by atoms with Crippen LogP contribution in [0.3, 0.4) is 0 Å². The van der Waals surface area contributed by atoms with Gasteiger partial charge in [-0.25, -0.2) is 0 Å². The second-order valence-corrected chi connectivity index (χ2v) is 2.00. The lowest BCUT2D eigenvalue weighted by Crippen LogP contribution is -1.98. The number of hydrogen-bond acceptors (Lipinski definition) is 3. The first-order valence-corrected chi connectivity index (χ1v) is 2.63. The van der Waals surface area contributed by atoms with Crippen molar-refractivity contribution in [1.29, 1.82) is 0 Å². The van der Waals surface area contributed by atoms with Crippen LogP contribution in [-0.2, 0) is 0 Å². The Balaban J connectivity index is -0.0000000575. The topological polar surface area (TPSA) is 26.0 Å². The molecular formula is C3H7NS4. The summed E-state index contributed by atoms with van der Waals surface area (Å²) in [5, 5.41) is 0. The number of thiocarbonyl (C=S) groups is 3. The summed E-state index contributed by atoms with van der Waals surface area (Å²) in [7, 11) is 0. The average Bonchev–Trinajstić information content (AvgIpc) is 1.33. The van der Waals surface area contributed by atoms with Gasteiger partial charge in [-0.1, -0.05) is 12.2 Å². The van der Waals surface area contributed by atoms with E-state index >= 15 is 0 Å². The average molecular weight is 185 g/mol. The molecule has 0 atom stereocenters. The highest BCUT2D eigenvalue weighted by Crippen LogP contribution is 1.48. The zero-order valence-electron chi connectivity index (χ0n) is 4.30. The zero-order valence-corrected chi connectivity index (χ0v) is 7.75. The third-order valence-corrected chi connectivity index (χ3v) is 0. The predicted molar refractivity (Wildman–Crippen MR) is 53.0 cm³/mol. The van der Waals surface area contributed by atoms with Crippen molar-refractivity contribution >= 4 is 59.5 Å². The fraction of sp³-hybridized carbons (Fsp3) is 0.333. The van der Waals surface area contributed by atoms with Gasteiger partial charge in [0.2, 0.25) is 0 Å². The Kier molecular flexibility index (Phi) is 30.9. The van der Waals surface area contributed by atoms with Gasteiger partial charge in [0.25, 0.3) is 0 Å². The Bertz CT molecular complexity index is 79.3. The summed E-state index contributed by atoms with van der Waals surface area (Å²) < 4.78 is 1.92. The normalized spacial score (nSPS) is 4.12. The minimum Gasteiger partial charge on any atom is -0.394 e. The zero-order chi connectivity index (χ0) is 6.28. The molecule has 0 spiro atoms. The molecule has 8 heavy (non-hydrogen) atoms. The quantitative estimate of drug-likeness (QED) is 0.577. The molecule has 0 heterocycles. The largest absolute Gasteiger partial charge is 0.394 e. The Morgan fingerprint density at radius 3 is 1.50 bits per heavy atom. The molecular weight excluding hydrogens is 178 g/mol. The van der Waals surface area contributed by atoms with Gasteiger partial charge < -0.3 is 5.73 Å². The van der Waals surface area contributed by atoms with Crippen molar-refractivity contribution in [2.45, 2.75) is 6.92 Å². The molecule has 0 fully saturated rings. The van der Waals surface area contributed by atoms with Crippen LogP contribution in [-0.4, -0.2) is 9.30 Å². The summed E-state index contributed by atoms with van der Waals surface area (Å²) in [5.74, 6) is 0. The van der Waals surface area contributed by atoms with E-state index in [-0.39, 0.29) is 13.5 Å². The van der Waals surface area contributed by atoms with E-state index in [1.807, 2.05) is 4.31 Å². The molecule has 0 aliphatic carbocycles. The highest BCUT2D eigenvalue weighted by Gasteiger charge is 1.54. The molecule has 48 valence electrons. The van der Waals surface area contributed by atoms with Gasteiger partial charge in [0.05, 0.1) is 4.99 Å². The van der Waals surface area contributed by atoms with Gasteiger partial charge in [-0.3, -0.25) is 0 Å². The van der Waals surface area contributed by atoms with Crippen molar-refractivity contribution in [1.82, 2.24) is 0 Å². The predicted octanol–water partition coefficient (Wildman–Crippen LogP) is 1.42. The monoisotopic (exact) mass is 185 g/mol. The molecule has 0 bridgehead atoms. The maximum atomic E-state index is 4.84. The van der Waals surface area contributed by atoms with Crippen molar-refractivity contribution < 1.29 is 0 Å². The van der Waals surface area contributed by atoms with Gasteiger partial charge in [0, 0.05) is 4.31 Å². The second kappa shape index (κ2) is 15.7. The summed E-state index contributed by atoms with van der Waals surface area (Å²) >= 11 is 12.2. The Morgan fingerprint density at radius 1 is 1.50 bits per heavy atom. The Labute approximate surface area is 72.1 Å². The molecule has 0 aromatic heterocycles. The lowest BCUT2D eigenvalue weighted by molar-refractivity contribution is 1.73. The van der Waals surface area contributed by atoms with Crippen molar-refractivity contribution in [3.8, 4) is 0 Å². The van der Waals surface area contributed by atoms with Crippen LogP contribution in [0.15, 0.2) is 0 Å². The molecule has 1 nitrogen and oxygen atoms in total. The van der Waals surface area contributed by atoms with Crippen molar-refractivity contribution in [3.05, 3.63) is 0 Å². The molecule has 0 rings (SSSR count). The van der Waals surface area contributed by atoms with Crippen molar-refractivity contribution in [2.75, 3.05) is 0 Å². The second-order valence-electron chi connectivity index (χ2n) is 0.694. The van der Waals surface area contributed by atoms with Crippen molar-refractivity contribution in [3.63, 3.8) is 0 Å². The fourth-order valence-electron chi connectivity index (χ4n) is 0. The van der Waals surface area contributed by atoms with Crippen LogP contribution in [0.2, 0.25) is 0 Å². The van der Waals surface area contributed by atoms with Gasteiger partial charge in [-0.2, -0.15) is 13.5 Å². The van der Waals surface area contributed by atoms with Gasteiger partial charge in [0.15, 0.2) is 0 Å². The third-order valence-electron chi connectivity index (χ3n) is 0. The minimum absolute atomic E-state index is 0. The van der Waals surface area contributed by atoms with Gasteiger partial charge in [0.1, 0.15) is 0 Å². The SMILES string of the molecule is CC(N)=S.S.S=C=S. The van der Waals surface area contributed by atoms with Gasteiger partial charge in [-0.05, 0) is 31.4 Å². The van der Waals surface area contributed by atoms with Crippen LogP contribution in [0.5, 0.6) is 0 Å². The summed E-state index contributed by atoms with van der Waals surface area (Å²) in [4.78, 5) is 0.500. The molecule has 0 unspecified atom stereocenters. The first-order chi connectivity index (χ1) is 3.15. The molecule has 2 N–H and O–H groups in total. The summed E-state index contributed by atoms with van der Waals surface area (Å²) in [6, 6.07) is 0. The van der Waals surface area contributed by atoms with E-state index < -0.39 is 0 Å². The van der Waals surface area contributed by atoms with E-state index in [2.05, 4.69) is 36.7 Å². The lowest BCUT2D eigenvalue weighted by atomic mass is 10.8. The third kappa shape index (κ3) is 910. The maximum Gasteiger partial charge on any atom is 0.0695 e. The molecule has 0 aliphatic heterocycles. The number of rotatable bonds is 0. The first kappa shape index (κ1) is 15.8. The number of nitrogens with two attached hydrogens (primary N) is 1. The molecule has 0 saturated heterocycles. The minimum atomic E-state index is 0. The van der Waals surface area contributed by atoms with E-state index in [1.54, 1.807) is 6.92 Å². The fourth-order valence-corrected chi connectivity index (χ4v) is 0. The molecule has 0 aliphatic rings. The first-order valence-electron chi connectivity index (χ1n) is 1.40. The molecule has 0 radical (unpaired) electrons. The van der Waals surface area contributed by atoms with Crippen LogP contribution in [0, 0.1) is 0 Å². The van der Waals surface area contributed by atoms with Crippen LogP contribution in [0.1, 0.15) is 6.92 Å². The van der Waals surface area contributed by atoms with Crippen LogP contribution in [0.25, 0.3) is 0 Å². The Morgan fingerprint density at radius 2 is 1.50 bits per heavy atom. The standard InChI is InChI=1S/C2H5NS.CS2.H2S/c1-2(3)4;2-1-3;/h1H3,(H2,3,4);;1H2. The van der Waals surface area contributed by atoms with Gasteiger partial charge >= 0.3 is 0 Å². The van der Waals surface area contributed by atoms with Crippen molar-refractivity contribution in [2.24, 2.45) is 5.73 Å². The van der Waals surface area contributed by atoms with Crippen LogP contribution < -0.4 is 5.73 Å². The van der Waals surface area contributed by atoms with E-state index in [0.29, 0.717) is 4.99 Å². The highest BCUT2D eigenvalue weighted by molar-refractivity contribution is 7.93. The van der Waals surface area contributed by atoms with E-state index in [9.17, 15) is 0 Å². The van der Waals surface area contributed by atoms with Gasteiger partial charge in [-0.15, -0.1) is 0 Å². The molecule has 0 aromatic rings. The molecule has 0 aromatic carbocycles. The van der Waals surface area contributed by atoms with Crippen LogP contribution >= 0.6 is 50.1 Å². The highest BCUT2D eigenvalue weighted by atomic mass is 32.1.